The second kappa shape index (κ2) is 4.31. The normalized spacial score (nSPS) is 12.5. The van der Waals surface area contributed by atoms with Crippen LogP contribution in [0.1, 0.15) is 23.1 Å². The number of anilines is 1. The lowest BCUT2D eigenvalue weighted by Crippen LogP contribution is -2.36. The molecule has 0 aliphatic carbocycles. The minimum Gasteiger partial charge on any atom is -0.395 e. The molecule has 15 heavy (non-hydrogen) atoms. The number of amides is 1. The first-order valence-electron chi connectivity index (χ1n) is 4.68. The van der Waals surface area contributed by atoms with E-state index in [4.69, 9.17) is 10.8 Å². The van der Waals surface area contributed by atoms with Gasteiger partial charge in [0.15, 0.2) is 0 Å². The topological polar surface area (TPSA) is 93.2 Å². The van der Waals surface area contributed by atoms with Gasteiger partial charge in [0.2, 0.25) is 0 Å². The number of aryl methyl sites for hydroxylation is 2. The fraction of sp³-hybridized carbons (Fsp3) is 0.556. The molecule has 1 heterocycles. The first-order chi connectivity index (χ1) is 6.97. The van der Waals surface area contributed by atoms with Gasteiger partial charge in [0.1, 0.15) is 5.69 Å². The minimum absolute atomic E-state index is 0.109. The van der Waals surface area contributed by atoms with Gasteiger partial charge < -0.3 is 16.2 Å². The average molecular weight is 212 g/mol. The molecule has 0 saturated heterocycles. The molecule has 0 aliphatic rings. The van der Waals surface area contributed by atoms with Gasteiger partial charge in [0, 0.05) is 13.1 Å². The number of nitrogen functional groups attached to an aromatic ring is 1. The molecular formula is C9H16N4O2. The summed E-state index contributed by atoms with van der Waals surface area (Å²) in [6.45, 7) is 3.33. The zero-order chi connectivity index (χ0) is 11.6. The van der Waals surface area contributed by atoms with Crippen molar-refractivity contribution in [1.29, 1.82) is 0 Å². The lowest BCUT2D eigenvalue weighted by Gasteiger charge is -2.10. The first kappa shape index (κ1) is 11.5. The largest absolute Gasteiger partial charge is 0.395 e. The van der Waals surface area contributed by atoms with E-state index in [-0.39, 0.29) is 18.6 Å². The van der Waals surface area contributed by atoms with Crippen molar-refractivity contribution in [1.82, 2.24) is 15.1 Å². The first-order valence-corrected chi connectivity index (χ1v) is 4.68. The van der Waals surface area contributed by atoms with Crippen molar-refractivity contribution >= 4 is 11.6 Å². The van der Waals surface area contributed by atoms with Gasteiger partial charge in [-0.15, -0.1) is 0 Å². The molecule has 0 unspecified atom stereocenters. The molecule has 0 aromatic carbocycles. The summed E-state index contributed by atoms with van der Waals surface area (Å²) in [7, 11) is 1.65. The molecule has 1 rings (SSSR count). The van der Waals surface area contributed by atoms with Crippen molar-refractivity contribution in [3.63, 3.8) is 0 Å². The maximum atomic E-state index is 11.7. The molecule has 6 heteroatoms. The summed E-state index contributed by atoms with van der Waals surface area (Å²) in [5.74, 6) is -0.322. The smallest absolute Gasteiger partial charge is 0.271 e. The van der Waals surface area contributed by atoms with Crippen LogP contribution in [0.4, 0.5) is 5.69 Å². The third kappa shape index (κ3) is 2.27. The number of carbonyl (C=O) groups is 1. The fourth-order valence-electron chi connectivity index (χ4n) is 1.28. The molecule has 1 atom stereocenters. The maximum Gasteiger partial charge on any atom is 0.271 e. The van der Waals surface area contributed by atoms with Crippen molar-refractivity contribution in [2.75, 3.05) is 12.3 Å². The van der Waals surface area contributed by atoms with Gasteiger partial charge in [-0.25, -0.2) is 0 Å². The van der Waals surface area contributed by atoms with Gasteiger partial charge in [-0.3, -0.25) is 9.48 Å². The van der Waals surface area contributed by atoms with Crippen LogP contribution in [0.5, 0.6) is 0 Å². The lowest BCUT2D eigenvalue weighted by molar-refractivity contribution is 0.0913. The van der Waals surface area contributed by atoms with Crippen LogP contribution in [-0.4, -0.2) is 33.4 Å². The summed E-state index contributed by atoms with van der Waals surface area (Å²) in [4.78, 5) is 11.7. The predicted molar refractivity (Wildman–Crippen MR) is 56.4 cm³/mol. The van der Waals surface area contributed by atoms with E-state index in [2.05, 4.69) is 10.4 Å². The number of nitrogens with two attached hydrogens (primary N) is 1. The van der Waals surface area contributed by atoms with E-state index in [1.54, 1.807) is 20.9 Å². The number of nitrogens with zero attached hydrogens (tertiary/aromatic N) is 2. The summed E-state index contributed by atoms with van der Waals surface area (Å²) in [5.41, 5.74) is 7.04. The van der Waals surface area contributed by atoms with Crippen LogP contribution < -0.4 is 11.1 Å². The molecule has 0 fully saturated rings. The summed E-state index contributed by atoms with van der Waals surface area (Å²) in [5, 5.41) is 15.5. The molecule has 4 N–H and O–H groups in total. The Balaban J connectivity index is 2.91. The van der Waals surface area contributed by atoms with Crippen LogP contribution in [0.2, 0.25) is 0 Å². The Labute approximate surface area is 88.1 Å². The molecule has 0 radical (unpaired) electrons. The number of hydrogen-bond acceptors (Lipinski definition) is 4. The Hall–Kier alpha value is -1.56. The van der Waals surface area contributed by atoms with Crippen molar-refractivity contribution in [2.45, 2.75) is 19.9 Å². The third-order valence-corrected chi connectivity index (χ3v) is 2.13. The van der Waals surface area contributed by atoms with Gasteiger partial charge >= 0.3 is 0 Å². The molecule has 0 saturated carbocycles. The predicted octanol–water partition coefficient (Wildman–Crippen LogP) is -0.579. The van der Waals surface area contributed by atoms with Gasteiger partial charge in [-0.2, -0.15) is 5.10 Å². The molecular weight excluding hydrogens is 196 g/mol. The van der Waals surface area contributed by atoms with Crippen molar-refractivity contribution in [2.24, 2.45) is 7.05 Å². The molecule has 84 valence electrons. The molecule has 1 aromatic heterocycles. The highest BCUT2D eigenvalue weighted by molar-refractivity contribution is 5.98. The third-order valence-electron chi connectivity index (χ3n) is 2.13. The van der Waals surface area contributed by atoms with Crippen LogP contribution in [0.3, 0.4) is 0 Å². The van der Waals surface area contributed by atoms with Crippen LogP contribution in [0, 0.1) is 6.92 Å². The Morgan fingerprint density at radius 3 is 2.73 bits per heavy atom. The van der Waals surface area contributed by atoms with E-state index in [1.807, 2.05) is 0 Å². The lowest BCUT2D eigenvalue weighted by atomic mass is 10.2. The Kier molecular flexibility index (Phi) is 3.31. The second-order valence-electron chi connectivity index (χ2n) is 3.53. The SMILES string of the molecule is Cc1nn(C)c(C(=O)N[C@H](C)CO)c1N. The van der Waals surface area contributed by atoms with E-state index in [0.29, 0.717) is 17.1 Å². The molecule has 1 aromatic rings. The zero-order valence-electron chi connectivity index (χ0n) is 9.11. The Morgan fingerprint density at radius 1 is 1.73 bits per heavy atom. The second-order valence-corrected chi connectivity index (χ2v) is 3.53. The highest BCUT2D eigenvalue weighted by Gasteiger charge is 2.18. The summed E-state index contributed by atoms with van der Waals surface area (Å²) >= 11 is 0. The Bertz CT molecular complexity index is 372. The van der Waals surface area contributed by atoms with Gasteiger partial charge in [0.05, 0.1) is 18.0 Å². The number of aliphatic hydroxyl groups is 1. The van der Waals surface area contributed by atoms with Gasteiger partial charge in [0.25, 0.3) is 5.91 Å². The molecule has 0 bridgehead atoms. The molecule has 6 nitrogen and oxygen atoms in total. The average Bonchev–Trinajstić information content (AvgIpc) is 2.41. The zero-order valence-corrected chi connectivity index (χ0v) is 9.11. The van der Waals surface area contributed by atoms with E-state index >= 15 is 0 Å². The number of rotatable bonds is 3. The Morgan fingerprint density at radius 2 is 2.33 bits per heavy atom. The van der Waals surface area contributed by atoms with E-state index in [1.165, 1.54) is 4.68 Å². The van der Waals surface area contributed by atoms with Crippen LogP contribution >= 0.6 is 0 Å². The monoisotopic (exact) mass is 212 g/mol. The number of carbonyl (C=O) groups excluding carboxylic acids is 1. The standard InChI is InChI=1S/C9H16N4O2/c1-5(4-14)11-9(15)8-7(10)6(2)12-13(8)3/h5,14H,4,10H2,1-3H3,(H,11,15)/t5-/m1/s1. The number of aliphatic hydroxyl groups excluding tert-OH is 1. The number of aromatic nitrogens is 2. The summed E-state index contributed by atoms with van der Waals surface area (Å²) < 4.78 is 1.43. The number of hydrogen-bond donors (Lipinski definition) is 3. The van der Waals surface area contributed by atoms with Crippen LogP contribution in [0.25, 0.3) is 0 Å². The van der Waals surface area contributed by atoms with Crippen molar-refractivity contribution < 1.29 is 9.90 Å². The quantitative estimate of drug-likeness (QED) is 0.625. The van der Waals surface area contributed by atoms with Crippen LogP contribution in [-0.2, 0) is 7.05 Å². The number of nitrogens with one attached hydrogen (secondary N) is 1. The highest BCUT2D eigenvalue weighted by Crippen LogP contribution is 2.14. The van der Waals surface area contributed by atoms with E-state index in [9.17, 15) is 4.79 Å². The summed E-state index contributed by atoms with van der Waals surface area (Å²) in [6, 6.07) is -0.299. The van der Waals surface area contributed by atoms with E-state index < -0.39 is 0 Å². The van der Waals surface area contributed by atoms with Gasteiger partial charge in [-0.1, -0.05) is 0 Å². The maximum absolute atomic E-state index is 11.7. The molecule has 1 amide bonds. The van der Waals surface area contributed by atoms with Crippen molar-refractivity contribution in [3.8, 4) is 0 Å². The van der Waals surface area contributed by atoms with Gasteiger partial charge in [-0.05, 0) is 13.8 Å². The molecule has 0 aliphatic heterocycles. The van der Waals surface area contributed by atoms with Crippen molar-refractivity contribution in [3.05, 3.63) is 11.4 Å². The fourth-order valence-corrected chi connectivity index (χ4v) is 1.28. The highest BCUT2D eigenvalue weighted by atomic mass is 16.3. The minimum atomic E-state index is -0.322. The summed E-state index contributed by atoms with van der Waals surface area (Å²) in [6.07, 6.45) is 0. The molecule has 0 spiro atoms. The van der Waals surface area contributed by atoms with E-state index in [0.717, 1.165) is 0 Å². The van der Waals surface area contributed by atoms with Crippen LogP contribution in [0.15, 0.2) is 0 Å².